The topological polar surface area (TPSA) is 45.1 Å². The summed E-state index contributed by atoms with van der Waals surface area (Å²) in [4.78, 5) is 25.3. The summed E-state index contributed by atoms with van der Waals surface area (Å²) in [6.07, 6.45) is 5.25. The highest BCUT2D eigenvalue weighted by molar-refractivity contribution is 6.04. The molecule has 2 rings (SSSR count). The van der Waals surface area contributed by atoms with Crippen molar-refractivity contribution in [2.45, 2.75) is 38.1 Å². The van der Waals surface area contributed by atoms with Crippen molar-refractivity contribution in [3.05, 3.63) is 0 Å². The standard InChI is InChI=1S/C12H21N3O2.ClH/c1-13(2)15-11(16)9-10(12(15)17)14-7-5-3-4-6-8-14;/h10H,3-9H2,1-2H3;1H. The maximum absolute atomic E-state index is 12.2. The van der Waals surface area contributed by atoms with Crippen LogP contribution in [0, 0.1) is 0 Å². The molecule has 0 saturated carbocycles. The number of carbonyl (C=O) groups is 2. The smallest absolute Gasteiger partial charge is 0.302 e. The molecule has 5 nitrogen and oxygen atoms in total. The van der Waals surface area contributed by atoms with Crippen molar-refractivity contribution < 1.29 is 26.9 Å². The third-order valence-corrected chi connectivity index (χ3v) is 3.76. The molecule has 1 N–H and O–H groups in total. The van der Waals surface area contributed by atoms with Crippen LogP contribution in [0.25, 0.3) is 0 Å². The zero-order valence-corrected chi connectivity index (χ0v) is 11.9. The predicted octanol–water partition coefficient (Wildman–Crippen LogP) is -3.95. The summed E-state index contributed by atoms with van der Waals surface area (Å²) in [5.41, 5.74) is 0. The summed E-state index contributed by atoms with van der Waals surface area (Å²) >= 11 is 0. The maximum atomic E-state index is 12.2. The van der Waals surface area contributed by atoms with Gasteiger partial charge in [-0.3, -0.25) is 9.59 Å². The third-order valence-electron chi connectivity index (χ3n) is 3.76. The lowest BCUT2D eigenvalue weighted by Crippen LogP contribution is -3.16. The van der Waals surface area contributed by atoms with Gasteiger partial charge in [0.15, 0.2) is 6.04 Å². The lowest BCUT2D eigenvalue weighted by Gasteiger charge is -2.24. The molecule has 2 aliphatic rings. The molecule has 104 valence electrons. The Hall–Kier alpha value is -0.650. The van der Waals surface area contributed by atoms with E-state index >= 15 is 0 Å². The van der Waals surface area contributed by atoms with E-state index in [1.54, 1.807) is 19.1 Å². The molecule has 0 aromatic rings. The number of nitrogens with one attached hydrogen (secondary N) is 1. The van der Waals surface area contributed by atoms with Gasteiger partial charge in [0.05, 0.1) is 19.5 Å². The molecule has 0 radical (unpaired) electrons. The minimum Gasteiger partial charge on any atom is -1.00 e. The van der Waals surface area contributed by atoms with Crippen LogP contribution < -0.4 is 17.3 Å². The molecule has 2 amide bonds. The van der Waals surface area contributed by atoms with E-state index in [0.717, 1.165) is 13.1 Å². The SMILES string of the molecule is CN(C)N1C(=O)CC([NH+]2CCCCCC2)C1=O.[Cl-]. The summed E-state index contributed by atoms with van der Waals surface area (Å²) in [6.45, 7) is 2.07. The minimum absolute atomic E-state index is 0. The molecular formula is C12H22ClN3O2. The van der Waals surface area contributed by atoms with Gasteiger partial charge in [0.25, 0.3) is 5.91 Å². The highest BCUT2D eigenvalue weighted by Crippen LogP contribution is 2.12. The molecule has 0 bridgehead atoms. The summed E-state index contributed by atoms with van der Waals surface area (Å²) in [6, 6.07) is -0.136. The zero-order chi connectivity index (χ0) is 12.4. The van der Waals surface area contributed by atoms with Gasteiger partial charge >= 0.3 is 5.91 Å². The van der Waals surface area contributed by atoms with Crippen LogP contribution in [0.2, 0.25) is 0 Å². The molecule has 1 atom stereocenters. The molecule has 1 unspecified atom stereocenters. The van der Waals surface area contributed by atoms with Gasteiger partial charge in [-0.1, -0.05) is 0 Å². The fourth-order valence-corrected chi connectivity index (χ4v) is 2.89. The Kier molecular flexibility index (Phi) is 5.56. The Morgan fingerprint density at radius 2 is 1.67 bits per heavy atom. The van der Waals surface area contributed by atoms with E-state index in [0.29, 0.717) is 6.42 Å². The summed E-state index contributed by atoms with van der Waals surface area (Å²) < 4.78 is 0. The molecule has 2 heterocycles. The van der Waals surface area contributed by atoms with Crippen molar-refractivity contribution in [3.63, 3.8) is 0 Å². The molecule has 2 fully saturated rings. The molecule has 0 aromatic carbocycles. The van der Waals surface area contributed by atoms with Crippen LogP contribution in [0.1, 0.15) is 32.1 Å². The number of hydrogen-bond acceptors (Lipinski definition) is 3. The molecule has 2 aliphatic heterocycles. The van der Waals surface area contributed by atoms with Gasteiger partial charge in [0.1, 0.15) is 0 Å². The van der Waals surface area contributed by atoms with Crippen molar-refractivity contribution in [2.75, 3.05) is 27.2 Å². The van der Waals surface area contributed by atoms with Crippen LogP contribution in [0.3, 0.4) is 0 Å². The lowest BCUT2D eigenvalue weighted by molar-refractivity contribution is -0.914. The van der Waals surface area contributed by atoms with Gasteiger partial charge in [-0.05, 0) is 25.7 Å². The van der Waals surface area contributed by atoms with Gasteiger partial charge in [0, 0.05) is 14.1 Å². The average Bonchev–Trinajstić information content (AvgIpc) is 2.48. The van der Waals surface area contributed by atoms with Crippen molar-refractivity contribution in [3.8, 4) is 0 Å². The van der Waals surface area contributed by atoms with E-state index in [1.807, 2.05) is 0 Å². The number of nitrogens with zero attached hydrogens (tertiary/aromatic N) is 2. The fourth-order valence-electron chi connectivity index (χ4n) is 2.89. The molecule has 2 saturated heterocycles. The van der Waals surface area contributed by atoms with Crippen LogP contribution in [0.15, 0.2) is 0 Å². The zero-order valence-electron chi connectivity index (χ0n) is 11.1. The summed E-state index contributed by atoms with van der Waals surface area (Å²) in [5.74, 6) is -0.0707. The molecule has 6 heteroatoms. The van der Waals surface area contributed by atoms with Crippen LogP contribution >= 0.6 is 0 Å². The largest absolute Gasteiger partial charge is 1.00 e. The monoisotopic (exact) mass is 275 g/mol. The van der Waals surface area contributed by atoms with Gasteiger partial charge in [-0.25, -0.2) is 10.0 Å². The number of likely N-dealkylation sites (tertiary alicyclic amines) is 1. The fraction of sp³-hybridized carbons (Fsp3) is 0.833. The number of quaternary nitrogens is 1. The van der Waals surface area contributed by atoms with Crippen molar-refractivity contribution in [1.82, 2.24) is 10.0 Å². The number of amides is 2. The number of imide groups is 1. The first-order valence-electron chi connectivity index (χ1n) is 6.50. The first-order valence-corrected chi connectivity index (χ1v) is 6.50. The van der Waals surface area contributed by atoms with Gasteiger partial charge in [0.2, 0.25) is 0 Å². The van der Waals surface area contributed by atoms with Gasteiger partial charge in [-0.2, -0.15) is 0 Å². The number of halogens is 1. The van der Waals surface area contributed by atoms with Crippen LogP contribution in [-0.4, -0.2) is 55.1 Å². The lowest BCUT2D eigenvalue weighted by atomic mass is 10.2. The summed E-state index contributed by atoms with van der Waals surface area (Å²) in [5, 5.41) is 2.89. The first kappa shape index (κ1) is 15.4. The van der Waals surface area contributed by atoms with Gasteiger partial charge < -0.3 is 17.3 Å². The number of carbonyl (C=O) groups excluding carboxylic acids is 2. The van der Waals surface area contributed by atoms with Crippen LogP contribution in [0.5, 0.6) is 0 Å². The molecule has 0 aromatic heterocycles. The second-order valence-electron chi connectivity index (χ2n) is 5.22. The third kappa shape index (κ3) is 3.02. The first-order chi connectivity index (χ1) is 8.11. The van der Waals surface area contributed by atoms with E-state index in [4.69, 9.17) is 0 Å². The second-order valence-corrected chi connectivity index (χ2v) is 5.22. The van der Waals surface area contributed by atoms with E-state index in [1.165, 1.54) is 35.6 Å². The van der Waals surface area contributed by atoms with Crippen molar-refractivity contribution in [1.29, 1.82) is 0 Å². The quantitative estimate of drug-likeness (QED) is 0.524. The van der Waals surface area contributed by atoms with Crippen LogP contribution in [0.4, 0.5) is 0 Å². The molecular weight excluding hydrogens is 254 g/mol. The molecule has 0 aliphatic carbocycles. The summed E-state index contributed by atoms with van der Waals surface area (Å²) in [7, 11) is 3.49. The predicted molar refractivity (Wildman–Crippen MR) is 63.1 cm³/mol. The Morgan fingerprint density at radius 1 is 1.11 bits per heavy atom. The Balaban J connectivity index is 0.00000162. The van der Waals surface area contributed by atoms with Crippen molar-refractivity contribution >= 4 is 11.8 Å². The van der Waals surface area contributed by atoms with E-state index < -0.39 is 0 Å². The van der Waals surface area contributed by atoms with E-state index in [-0.39, 0.29) is 30.3 Å². The Morgan fingerprint density at radius 3 is 2.11 bits per heavy atom. The van der Waals surface area contributed by atoms with Gasteiger partial charge in [-0.15, -0.1) is 0 Å². The average molecular weight is 276 g/mol. The van der Waals surface area contributed by atoms with E-state index in [2.05, 4.69) is 0 Å². The van der Waals surface area contributed by atoms with Crippen LogP contribution in [-0.2, 0) is 9.59 Å². The second kappa shape index (κ2) is 6.50. The molecule has 0 spiro atoms. The van der Waals surface area contributed by atoms with E-state index in [9.17, 15) is 9.59 Å². The molecule has 18 heavy (non-hydrogen) atoms. The Labute approximate surface area is 114 Å². The number of hydrazine groups is 1. The van der Waals surface area contributed by atoms with Crippen molar-refractivity contribution in [2.24, 2.45) is 0 Å². The number of hydrogen-bond donors (Lipinski definition) is 1. The highest BCUT2D eigenvalue weighted by Gasteiger charge is 2.46. The number of rotatable bonds is 2. The minimum atomic E-state index is -0.136. The normalized spacial score (nSPS) is 26.4. The highest BCUT2D eigenvalue weighted by atomic mass is 35.5. The maximum Gasteiger partial charge on any atom is 0.302 e. The Bertz CT molecular complexity index is 314.